The van der Waals surface area contributed by atoms with Gasteiger partial charge in [0.15, 0.2) is 0 Å². The first-order valence-corrected chi connectivity index (χ1v) is 6.92. The average Bonchev–Trinajstić information content (AvgIpc) is 2.46. The molecule has 0 aliphatic heterocycles. The molecule has 6 heteroatoms. The molecule has 116 valence electrons. The molecule has 0 aliphatic rings. The molecule has 0 unspecified atom stereocenters. The van der Waals surface area contributed by atoms with Gasteiger partial charge in [-0.05, 0) is 25.5 Å². The van der Waals surface area contributed by atoms with Gasteiger partial charge in [-0.2, -0.15) is 0 Å². The van der Waals surface area contributed by atoms with Crippen molar-refractivity contribution in [1.29, 1.82) is 0 Å². The van der Waals surface area contributed by atoms with Crippen LogP contribution < -0.4 is 15.4 Å². The number of aromatic hydroxyl groups is 1. The van der Waals surface area contributed by atoms with Crippen LogP contribution in [0.25, 0.3) is 0 Å². The molecule has 1 aromatic carbocycles. The number of benzene rings is 1. The van der Waals surface area contributed by atoms with E-state index in [2.05, 4.69) is 10.6 Å². The maximum absolute atomic E-state index is 11.9. The molecule has 21 heavy (non-hydrogen) atoms. The predicted molar refractivity (Wildman–Crippen MR) is 79.5 cm³/mol. The zero-order valence-corrected chi connectivity index (χ0v) is 12.6. The highest BCUT2D eigenvalue weighted by Gasteiger charge is 2.12. The van der Waals surface area contributed by atoms with Crippen LogP contribution in [0.5, 0.6) is 11.5 Å². The lowest BCUT2D eigenvalue weighted by Gasteiger charge is -2.12. The van der Waals surface area contributed by atoms with E-state index in [0.717, 1.165) is 6.42 Å². The van der Waals surface area contributed by atoms with E-state index in [-0.39, 0.29) is 36.2 Å². The van der Waals surface area contributed by atoms with E-state index < -0.39 is 5.91 Å². The van der Waals surface area contributed by atoms with Gasteiger partial charge in [-0.3, -0.25) is 9.59 Å². The first-order chi connectivity index (χ1) is 9.97. The number of carbonyl (C=O) groups excluding carboxylic acids is 2. The summed E-state index contributed by atoms with van der Waals surface area (Å²) in [4.78, 5) is 23.4. The maximum atomic E-state index is 11.9. The Labute approximate surface area is 124 Å². The molecule has 0 fully saturated rings. The van der Waals surface area contributed by atoms with Crippen LogP contribution in [0.3, 0.4) is 0 Å². The Morgan fingerprint density at radius 1 is 1.38 bits per heavy atom. The van der Waals surface area contributed by atoms with Crippen molar-refractivity contribution >= 4 is 11.8 Å². The van der Waals surface area contributed by atoms with Gasteiger partial charge in [0, 0.05) is 25.1 Å². The lowest BCUT2D eigenvalue weighted by Crippen LogP contribution is -2.35. The summed E-state index contributed by atoms with van der Waals surface area (Å²) in [5.74, 6) is -0.219. The molecular formula is C15H22N2O4. The molecule has 6 nitrogen and oxygen atoms in total. The number of amides is 2. The number of hydrogen-bond donors (Lipinski definition) is 3. The topological polar surface area (TPSA) is 87.7 Å². The van der Waals surface area contributed by atoms with E-state index in [1.54, 1.807) is 6.07 Å². The van der Waals surface area contributed by atoms with Crippen LogP contribution >= 0.6 is 0 Å². The highest BCUT2D eigenvalue weighted by atomic mass is 16.5. The summed E-state index contributed by atoms with van der Waals surface area (Å²) in [5.41, 5.74) is 0.151. The Hall–Kier alpha value is -2.24. The van der Waals surface area contributed by atoms with E-state index in [9.17, 15) is 14.7 Å². The molecule has 2 amide bonds. The van der Waals surface area contributed by atoms with Gasteiger partial charge in [0.05, 0.1) is 12.7 Å². The van der Waals surface area contributed by atoms with Gasteiger partial charge in [-0.15, -0.1) is 0 Å². The van der Waals surface area contributed by atoms with Gasteiger partial charge < -0.3 is 20.5 Å². The summed E-state index contributed by atoms with van der Waals surface area (Å²) >= 11 is 0. The molecule has 0 bridgehead atoms. The number of methoxy groups -OCH3 is 1. The van der Waals surface area contributed by atoms with Crippen LogP contribution in [-0.4, -0.2) is 36.6 Å². The van der Waals surface area contributed by atoms with Crippen LogP contribution in [0, 0.1) is 0 Å². The smallest absolute Gasteiger partial charge is 0.255 e. The van der Waals surface area contributed by atoms with Gasteiger partial charge in [-0.1, -0.05) is 6.92 Å². The Balaban J connectivity index is 2.46. The molecule has 3 N–H and O–H groups in total. The minimum Gasteiger partial charge on any atom is -0.507 e. The molecular weight excluding hydrogens is 272 g/mol. The second-order valence-corrected chi connectivity index (χ2v) is 4.77. The number of rotatable bonds is 7. The molecule has 0 saturated heterocycles. The number of phenols is 1. The number of phenolic OH excluding ortho intramolecular Hbond substituents is 1. The monoisotopic (exact) mass is 294 g/mol. The van der Waals surface area contributed by atoms with Crippen molar-refractivity contribution in [3.05, 3.63) is 23.8 Å². The zero-order valence-electron chi connectivity index (χ0n) is 12.6. The third-order valence-corrected chi connectivity index (χ3v) is 3.11. The van der Waals surface area contributed by atoms with Crippen LogP contribution in [0.15, 0.2) is 18.2 Å². The molecule has 0 aromatic heterocycles. The average molecular weight is 294 g/mol. The van der Waals surface area contributed by atoms with Crippen LogP contribution in [-0.2, 0) is 4.79 Å². The van der Waals surface area contributed by atoms with Crippen LogP contribution in [0.4, 0.5) is 0 Å². The number of ether oxygens (including phenoxy) is 1. The van der Waals surface area contributed by atoms with E-state index in [4.69, 9.17) is 4.74 Å². The van der Waals surface area contributed by atoms with Gasteiger partial charge >= 0.3 is 0 Å². The summed E-state index contributed by atoms with van der Waals surface area (Å²) in [6, 6.07) is 4.55. The van der Waals surface area contributed by atoms with E-state index >= 15 is 0 Å². The first kappa shape index (κ1) is 16.8. The Kier molecular flexibility index (Phi) is 6.52. The second kappa shape index (κ2) is 8.14. The number of carbonyl (C=O) groups is 2. The van der Waals surface area contributed by atoms with E-state index in [0.29, 0.717) is 5.75 Å². The molecule has 0 saturated carbocycles. The predicted octanol–water partition coefficient (Wildman–Crippen LogP) is 1.44. The minimum atomic E-state index is -0.425. The number of hydrogen-bond acceptors (Lipinski definition) is 4. The lowest BCUT2D eigenvalue weighted by atomic mass is 10.1. The number of nitrogens with one attached hydrogen (secondary N) is 2. The minimum absolute atomic E-state index is 0.108. The van der Waals surface area contributed by atoms with Crippen molar-refractivity contribution in [2.75, 3.05) is 13.7 Å². The third kappa shape index (κ3) is 5.33. The van der Waals surface area contributed by atoms with Gasteiger partial charge in [0.2, 0.25) is 5.91 Å². The maximum Gasteiger partial charge on any atom is 0.255 e. The molecule has 0 aliphatic carbocycles. The highest BCUT2D eigenvalue weighted by Crippen LogP contribution is 2.23. The van der Waals surface area contributed by atoms with E-state index in [1.165, 1.54) is 19.2 Å². The van der Waals surface area contributed by atoms with Crippen molar-refractivity contribution < 1.29 is 19.4 Å². The van der Waals surface area contributed by atoms with Crippen molar-refractivity contribution in [1.82, 2.24) is 10.6 Å². The quantitative estimate of drug-likeness (QED) is 0.710. The fourth-order valence-electron chi connectivity index (χ4n) is 1.66. The molecule has 0 radical (unpaired) electrons. The lowest BCUT2D eigenvalue weighted by molar-refractivity contribution is -0.121. The summed E-state index contributed by atoms with van der Waals surface area (Å²) in [6.45, 7) is 4.12. The molecule has 1 aromatic rings. The van der Waals surface area contributed by atoms with Crippen molar-refractivity contribution in [3.8, 4) is 11.5 Å². The summed E-state index contributed by atoms with van der Waals surface area (Å²) in [6.07, 6.45) is 1.06. The Morgan fingerprint density at radius 3 is 2.67 bits per heavy atom. The van der Waals surface area contributed by atoms with Crippen molar-refractivity contribution in [2.24, 2.45) is 0 Å². The fourth-order valence-corrected chi connectivity index (χ4v) is 1.66. The van der Waals surface area contributed by atoms with Gasteiger partial charge in [0.1, 0.15) is 11.5 Å². The Morgan fingerprint density at radius 2 is 2.10 bits per heavy atom. The van der Waals surface area contributed by atoms with Gasteiger partial charge in [-0.25, -0.2) is 0 Å². The molecule has 0 heterocycles. The summed E-state index contributed by atoms with van der Waals surface area (Å²) in [7, 11) is 1.48. The molecule has 1 atom stereocenters. The van der Waals surface area contributed by atoms with Crippen molar-refractivity contribution in [2.45, 2.75) is 32.7 Å². The second-order valence-electron chi connectivity index (χ2n) is 4.77. The van der Waals surface area contributed by atoms with Crippen molar-refractivity contribution in [3.63, 3.8) is 0 Å². The highest BCUT2D eigenvalue weighted by molar-refractivity contribution is 5.97. The van der Waals surface area contributed by atoms with Gasteiger partial charge in [0.25, 0.3) is 5.91 Å². The van der Waals surface area contributed by atoms with E-state index in [1.807, 2.05) is 13.8 Å². The largest absolute Gasteiger partial charge is 0.507 e. The van der Waals surface area contributed by atoms with Crippen LogP contribution in [0.1, 0.15) is 37.0 Å². The van der Waals surface area contributed by atoms with Crippen LogP contribution in [0.2, 0.25) is 0 Å². The SMILES string of the molecule is CC[C@H](C)NC(=O)CCNC(=O)c1ccc(OC)cc1O. The standard InChI is InChI=1S/C15H22N2O4/c1-4-10(2)17-14(19)7-8-16-15(20)12-6-5-11(21-3)9-13(12)18/h5-6,9-10,18H,4,7-8H2,1-3H3,(H,16,20)(H,17,19)/t10-/m0/s1. The fraction of sp³-hybridized carbons (Fsp3) is 0.467. The summed E-state index contributed by atoms with van der Waals surface area (Å²) < 4.78 is 4.95. The zero-order chi connectivity index (χ0) is 15.8. The first-order valence-electron chi connectivity index (χ1n) is 6.92. The Bertz CT molecular complexity index is 502. The normalized spacial score (nSPS) is 11.6. The summed E-state index contributed by atoms with van der Waals surface area (Å²) in [5, 5.41) is 15.1. The molecule has 0 spiro atoms. The molecule has 1 rings (SSSR count). The third-order valence-electron chi connectivity index (χ3n) is 3.11.